The molecule has 0 bridgehead atoms. The summed E-state index contributed by atoms with van der Waals surface area (Å²) in [6.07, 6.45) is 7.05. The van der Waals surface area contributed by atoms with E-state index in [4.69, 9.17) is 4.74 Å². The van der Waals surface area contributed by atoms with Crippen LogP contribution in [-0.2, 0) is 29.9 Å². The molecule has 4 rings (SSSR count). The number of fused-ring (bicyclic) bond motifs is 1. The van der Waals surface area contributed by atoms with Crippen LogP contribution < -0.4 is 20.3 Å². The lowest BCUT2D eigenvalue weighted by molar-refractivity contribution is -0.154. The first-order valence-electron chi connectivity index (χ1n) is 16.8. The lowest BCUT2D eigenvalue weighted by Crippen LogP contribution is -2.59. The summed E-state index contributed by atoms with van der Waals surface area (Å²) >= 11 is 1.33. The zero-order valence-corrected chi connectivity index (χ0v) is 30.6. The molecule has 0 fully saturated rings. The lowest BCUT2D eigenvalue weighted by Gasteiger charge is -2.37. The molecule has 0 aliphatic carbocycles. The molecule has 13 heteroatoms. The summed E-state index contributed by atoms with van der Waals surface area (Å²) < 4.78 is 34.7. The number of aliphatic hydroxyl groups is 1. The van der Waals surface area contributed by atoms with Crippen molar-refractivity contribution in [1.82, 2.24) is 10.6 Å². The van der Waals surface area contributed by atoms with Crippen molar-refractivity contribution in [2.24, 2.45) is 5.41 Å². The van der Waals surface area contributed by atoms with E-state index in [1.165, 1.54) is 36.9 Å². The zero-order chi connectivity index (χ0) is 36.5. The fraction of sp³-hybridized carbons (Fsp3) is 0.432. The van der Waals surface area contributed by atoms with Gasteiger partial charge in [-0.2, -0.15) is 0 Å². The maximum Gasteiger partial charge on any atom is 0.325 e. The Morgan fingerprint density at radius 3 is 2.16 bits per heavy atom. The zero-order valence-electron chi connectivity index (χ0n) is 29.0. The van der Waals surface area contributed by atoms with Gasteiger partial charge in [-0.05, 0) is 44.2 Å². The van der Waals surface area contributed by atoms with Crippen molar-refractivity contribution < 1.29 is 37.8 Å². The van der Waals surface area contributed by atoms with Gasteiger partial charge in [-0.1, -0.05) is 88.1 Å². The second-order valence-electron chi connectivity index (χ2n) is 12.8. The summed E-state index contributed by atoms with van der Waals surface area (Å²) in [7, 11) is -3.84. The maximum atomic E-state index is 14.4. The van der Waals surface area contributed by atoms with Gasteiger partial charge in [-0.3, -0.25) is 14.4 Å². The predicted molar refractivity (Wildman–Crippen MR) is 194 cm³/mol. The van der Waals surface area contributed by atoms with E-state index in [0.717, 1.165) is 44.2 Å². The molecule has 3 aromatic carbocycles. The molecule has 1 heterocycles. The van der Waals surface area contributed by atoms with Gasteiger partial charge in [0.2, 0.25) is 5.72 Å². The SMILES string of the molecule is CCCCC1(CCCC)CN(c2ccccc2)c2cc(SC)c(OCC(=O)N[C@](O)(C(=O)N[C@@H](C)C(=O)O)c3ccccc3)cc2S(=O)(=O)C1. The fourth-order valence-electron chi connectivity index (χ4n) is 6.26. The first-order chi connectivity index (χ1) is 23.8. The van der Waals surface area contributed by atoms with E-state index in [2.05, 4.69) is 29.4 Å². The summed E-state index contributed by atoms with van der Waals surface area (Å²) in [6.45, 7) is 5.29. The van der Waals surface area contributed by atoms with Crippen molar-refractivity contribution in [3.8, 4) is 5.75 Å². The van der Waals surface area contributed by atoms with E-state index >= 15 is 0 Å². The molecule has 11 nitrogen and oxygen atoms in total. The Labute approximate surface area is 298 Å². The molecule has 1 aliphatic heterocycles. The highest BCUT2D eigenvalue weighted by Gasteiger charge is 2.43. The maximum absolute atomic E-state index is 14.4. The quantitative estimate of drug-likeness (QED) is 0.108. The molecular weight excluding hydrogens is 679 g/mol. The second-order valence-corrected chi connectivity index (χ2v) is 15.6. The van der Waals surface area contributed by atoms with Crippen molar-refractivity contribution in [3.63, 3.8) is 0 Å². The number of ether oxygens (including phenoxy) is 1. The van der Waals surface area contributed by atoms with Gasteiger partial charge in [0.15, 0.2) is 16.4 Å². The molecule has 1 aliphatic rings. The molecule has 0 unspecified atom stereocenters. The first-order valence-corrected chi connectivity index (χ1v) is 19.7. The minimum atomic E-state index is -3.84. The number of nitrogens with one attached hydrogen (secondary N) is 2. The number of rotatable bonds is 16. The smallest absolute Gasteiger partial charge is 0.325 e. The van der Waals surface area contributed by atoms with Crippen LogP contribution in [0.3, 0.4) is 0 Å². The average molecular weight is 726 g/mol. The van der Waals surface area contributed by atoms with E-state index in [0.29, 0.717) is 17.1 Å². The lowest BCUT2D eigenvalue weighted by atomic mass is 9.79. The van der Waals surface area contributed by atoms with Crippen LogP contribution in [0.2, 0.25) is 0 Å². The van der Waals surface area contributed by atoms with Gasteiger partial charge in [0.05, 0.1) is 21.2 Å². The van der Waals surface area contributed by atoms with Gasteiger partial charge in [0, 0.05) is 29.3 Å². The number of carboxylic acids is 1. The molecule has 4 N–H and O–H groups in total. The normalized spacial score (nSPS) is 16.6. The Morgan fingerprint density at radius 2 is 1.60 bits per heavy atom. The van der Waals surface area contributed by atoms with Crippen molar-refractivity contribution in [1.29, 1.82) is 0 Å². The van der Waals surface area contributed by atoms with Crippen molar-refractivity contribution >= 4 is 50.8 Å². The summed E-state index contributed by atoms with van der Waals surface area (Å²) in [5.41, 5.74) is -1.70. The number of anilines is 2. The van der Waals surface area contributed by atoms with Gasteiger partial charge in [0.25, 0.3) is 11.8 Å². The monoisotopic (exact) mass is 725 g/mol. The number of unbranched alkanes of at least 4 members (excludes halogenated alkanes) is 2. The molecular formula is C37H47N3O8S2. The summed E-state index contributed by atoms with van der Waals surface area (Å²) in [5.74, 6) is -3.25. The van der Waals surface area contributed by atoms with Crippen LogP contribution in [0.5, 0.6) is 5.75 Å². The van der Waals surface area contributed by atoms with Crippen LogP contribution >= 0.6 is 11.8 Å². The third-order valence-electron chi connectivity index (χ3n) is 8.97. The number of hydrogen-bond acceptors (Lipinski definition) is 9. The number of carbonyl (C=O) groups excluding carboxylic acids is 2. The Morgan fingerprint density at radius 1 is 1.00 bits per heavy atom. The van der Waals surface area contributed by atoms with Gasteiger partial charge in [0.1, 0.15) is 11.8 Å². The van der Waals surface area contributed by atoms with Crippen molar-refractivity contribution in [2.75, 3.05) is 30.1 Å². The molecule has 0 saturated carbocycles. The molecule has 0 spiro atoms. The van der Waals surface area contributed by atoms with E-state index in [1.54, 1.807) is 24.3 Å². The number of thioether (sulfide) groups is 1. The van der Waals surface area contributed by atoms with Gasteiger partial charge in [-0.25, -0.2) is 8.42 Å². The summed E-state index contributed by atoms with van der Waals surface area (Å²) in [4.78, 5) is 40.6. The average Bonchev–Trinajstić information content (AvgIpc) is 3.20. The molecule has 0 radical (unpaired) electrons. The number of carboxylic acid groups (broad SMARTS) is 1. The standard InChI is InChI=1S/C37H47N3O8S2/c1-5-7-19-36(20-8-6-2)24-40(28-17-13-10-14-18-28)29-21-31(49-4)30(22-32(29)50(46,47)25-36)48-23-33(41)39-37(45,27-15-11-9-12-16-27)35(44)38-26(3)34(42)43/h9-18,21-22,26,45H,5-8,19-20,23-25H2,1-4H3,(H,38,44)(H,39,41)(H,42,43)/t26-,37+/m0/s1. The minimum absolute atomic E-state index is 0.00000141. The second kappa shape index (κ2) is 16.8. The van der Waals surface area contributed by atoms with Gasteiger partial charge < -0.3 is 30.5 Å². The number of sulfone groups is 1. The highest BCUT2D eigenvalue weighted by Crippen LogP contribution is 2.47. The number of amides is 2. The van der Waals surface area contributed by atoms with E-state index in [9.17, 15) is 33.0 Å². The Bertz CT molecular complexity index is 1750. The highest BCUT2D eigenvalue weighted by atomic mass is 32.2. The van der Waals surface area contributed by atoms with Crippen LogP contribution in [-0.4, -0.2) is 67.6 Å². The third-order valence-corrected chi connectivity index (χ3v) is 11.7. The highest BCUT2D eigenvalue weighted by molar-refractivity contribution is 7.98. The van der Waals surface area contributed by atoms with Crippen LogP contribution in [0.25, 0.3) is 0 Å². The van der Waals surface area contributed by atoms with Gasteiger partial charge >= 0.3 is 5.97 Å². The van der Waals surface area contributed by atoms with Crippen molar-refractivity contribution in [3.05, 3.63) is 78.4 Å². The first kappa shape index (κ1) is 38.7. The predicted octanol–water partition coefficient (Wildman–Crippen LogP) is 5.63. The Balaban J connectivity index is 1.71. The number of benzene rings is 3. The van der Waals surface area contributed by atoms with E-state index < -0.39 is 51.4 Å². The van der Waals surface area contributed by atoms with Gasteiger partial charge in [-0.15, -0.1) is 11.8 Å². The minimum Gasteiger partial charge on any atom is -0.483 e. The number of para-hydroxylation sites is 1. The molecule has 0 saturated heterocycles. The Kier molecular flexibility index (Phi) is 13.0. The van der Waals surface area contributed by atoms with E-state index in [-0.39, 0.29) is 22.0 Å². The molecule has 0 aromatic heterocycles. The molecule has 2 atom stereocenters. The number of aliphatic carboxylic acids is 1. The third kappa shape index (κ3) is 8.98. The number of hydrogen-bond donors (Lipinski definition) is 4. The molecule has 270 valence electrons. The summed E-state index contributed by atoms with van der Waals surface area (Å²) in [5, 5.41) is 25.2. The van der Waals surface area contributed by atoms with Crippen LogP contribution in [0.4, 0.5) is 11.4 Å². The largest absolute Gasteiger partial charge is 0.483 e. The number of carbonyl (C=O) groups is 3. The van der Waals surface area contributed by atoms with E-state index in [1.807, 2.05) is 36.6 Å². The van der Waals surface area contributed by atoms with Crippen LogP contribution in [0.15, 0.2) is 82.6 Å². The van der Waals surface area contributed by atoms with Crippen molar-refractivity contribution in [2.45, 2.75) is 80.9 Å². The molecule has 2 amide bonds. The number of nitrogens with zero attached hydrogens (tertiary/aromatic N) is 1. The molecule has 50 heavy (non-hydrogen) atoms. The topological polar surface area (TPSA) is 162 Å². The Hall–Kier alpha value is -4.07. The molecule has 3 aromatic rings. The van der Waals surface area contributed by atoms with Crippen LogP contribution in [0, 0.1) is 5.41 Å². The fourth-order valence-corrected chi connectivity index (χ4v) is 8.93. The van der Waals surface area contributed by atoms with Crippen LogP contribution in [0.1, 0.15) is 64.9 Å². The summed E-state index contributed by atoms with van der Waals surface area (Å²) in [6, 6.07) is 19.2.